The lowest BCUT2D eigenvalue weighted by Crippen LogP contribution is -2.25. The van der Waals surface area contributed by atoms with Gasteiger partial charge >= 0.3 is 5.97 Å². The van der Waals surface area contributed by atoms with E-state index in [9.17, 15) is 4.79 Å². The van der Waals surface area contributed by atoms with Crippen molar-refractivity contribution in [3.63, 3.8) is 0 Å². The zero-order valence-corrected chi connectivity index (χ0v) is 13.7. The van der Waals surface area contributed by atoms with Gasteiger partial charge in [-0.25, -0.2) is 9.78 Å². The number of ether oxygens (including phenoxy) is 1. The van der Waals surface area contributed by atoms with Crippen LogP contribution < -0.4 is 4.74 Å². The molecule has 6 heteroatoms. The Morgan fingerprint density at radius 3 is 2.91 bits per heavy atom. The molecule has 23 heavy (non-hydrogen) atoms. The van der Waals surface area contributed by atoms with Crippen molar-refractivity contribution in [2.45, 2.75) is 25.3 Å². The zero-order valence-electron chi connectivity index (χ0n) is 12.9. The molecule has 0 bridgehead atoms. The molecule has 0 saturated carbocycles. The standard InChI is InChI=1S/C17H20N2O3S/c20-17(21)13-4-6-14(7-5-13)22-11-2-10-19-9-1-3-15(19)16-18-8-12-23-16/h4-8,12,15H,1-3,9-11H2,(H,20,21)/t15-/m1/s1. The van der Waals surface area contributed by atoms with E-state index in [4.69, 9.17) is 9.84 Å². The Labute approximate surface area is 139 Å². The summed E-state index contributed by atoms with van der Waals surface area (Å²) >= 11 is 1.73. The molecule has 0 aliphatic carbocycles. The fourth-order valence-electron chi connectivity index (χ4n) is 2.92. The molecule has 0 amide bonds. The zero-order chi connectivity index (χ0) is 16.1. The second-order valence-corrected chi connectivity index (χ2v) is 6.52. The highest BCUT2D eigenvalue weighted by Crippen LogP contribution is 2.32. The van der Waals surface area contributed by atoms with Gasteiger partial charge in [-0.1, -0.05) is 0 Å². The van der Waals surface area contributed by atoms with Crippen molar-refractivity contribution < 1.29 is 14.6 Å². The molecule has 1 aromatic carbocycles. The summed E-state index contributed by atoms with van der Waals surface area (Å²) in [6.45, 7) is 2.75. The Balaban J connectivity index is 1.43. The van der Waals surface area contributed by atoms with Crippen molar-refractivity contribution >= 4 is 17.3 Å². The van der Waals surface area contributed by atoms with Crippen LogP contribution in [0.25, 0.3) is 0 Å². The van der Waals surface area contributed by atoms with E-state index < -0.39 is 5.97 Å². The van der Waals surface area contributed by atoms with Crippen LogP contribution in [0.2, 0.25) is 0 Å². The number of nitrogens with zero attached hydrogens (tertiary/aromatic N) is 2. The SMILES string of the molecule is O=C(O)c1ccc(OCCCN2CCC[C@@H]2c2nccs2)cc1. The normalized spacial score (nSPS) is 18.2. The van der Waals surface area contributed by atoms with Gasteiger partial charge in [0.1, 0.15) is 10.8 Å². The average Bonchev–Trinajstić information content (AvgIpc) is 3.23. The molecule has 0 spiro atoms. The maximum Gasteiger partial charge on any atom is 0.335 e. The maximum atomic E-state index is 10.8. The van der Waals surface area contributed by atoms with Gasteiger partial charge in [0.05, 0.1) is 18.2 Å². The first-order valence-corrected chi connectivity index (χ1v) is 8.71. The molecule has 1 aromatic heterocycles. The number of carboxylic acid groups (broad SMARTS) is 1. The summed E-state index contributed by atoms with van der Waals surface area (Å²) in [4.78, 5) is 17.7. The Morgan fingerprint density at radius 1 is 1.39 bits per heavy atom. The van der Waals surface area contributed by atoms with Crippen molar-refractivity contribution in [1.29, 1.82) is 0 Å². The molecular weight excluding hydrogens is 312 g/mol. The largest absolute Gasteiger partial charge is 0.494 e. The van der Waals surface area contributed by atoms with Crippen molar-refractivity contribution in [3.05, 3.63) is 46.4 Å². The molecule has 1 atom stereocenters. The molecule has 1 aliphatic heterocycles. The highest BCUT2D eigenvalue weighted by atomic mass is 32.1. The van der Waals surface area contributed by atoms with Crippen molar-refractivity contribution in [2.24, 2.45) is 0 Å². The molecule has 1 saturated heterocycles. The summed E-state index contributed by atoms with van der Waals surface area (Å²) in [5.74, 6) is -0.202. The summed E-state index contributed by atoms with van der Waals surface area (Å²) in [5.41, 5.74) is 0.278. The number of aromatic carboxylic acids is 1. The van der Waals surface area contributed by atoms with E-state index in [0.29, 0.717) is 18.4 Å². The molecule has 1 N–H and O–H groups in total. The highest BCUT2D eigenvalue weighted by molar-refractivity contribution is 7.09. The van der Waals surface area contributed by atoms with Crippen LogP contribution in [0.4, 0.5) is 0 Å². The van der Waals surface area contributed by atoms with Gasteiger partial charge < -0.3 is 9.84 Å². The number of likely N-dealkylation sites (tertiary alicyclic amines) is 1. The van der Waals surface area contributed by atoms with Crippen LogP contribution in [0.1, 0.15) is 40.7 Å². The average molecular weight is 332 g/mol. The predicted octanol–water partition coefficient (Wildman–Crippen LogP) is 3.45. The first-order valence-electron chi connectivity index (χ1n) is 7.83. The van der Waals surface area contributed by atoms with Crippen molar-refractivity contribution in [2.75, 3.05) is 19.7 Å². The minimum Gasteiger partial charge on any atom is -0.494 e. The molecule has 5 nitrogen and oxygen atoms in total. The number of aromatic nitrogens is 1. The lowest BCUT2D eigenvalue weighted by Gasteiger charge is -2.22. The van der Waals surface area contributed by atoms with Gasteiger partial charge in [0.15, 0.2) is 0 Å². The third kappa shape index (κ3) is 4.09. The molecule has 1 fully saturated rings. The molecular formula is C17H20N2O3S. The van der Waals surface area contributed by atoms with Gasteiger partial charge in [0.25, 0.3) is 0 Å². The molecule has 0 unspecified atom stereocenters. The highest BCUT2D eigenvalue weighted by Gasteiger charge is 2.27. The van der Waals surface area contributed by atoms with Gasteiger partial charge in [-0.15, -0.1) is 11.3 Å². The molecule has 0 radical (unpaired) electrons. The smallest absolute Gasteiger partial charge is 0.335 e. The number of carbonyl (C=O) groups is 1. The van der Waals surface area contributed by atoms with Gasteiger partial charge in [-0.3, -0.25) is 4.90 Å². The number of benzene rings is 1. The lowest BCUT2D eigenvalue weighted by atomic mass is 10.2. The molecule has 122 valence electrons. The van der Waals surface area contributed by atoms with E-state index in [1.165, 1.54) is 17.8 Å². The summed E-state index contributed by atoms with van der Waals surface area (Å²) in [7, 11) is 0. The second kappa shape index (κ2) is 7.57. The monoisotopic (exact) mass is 332 g/mol. The van der Waals surface area contributed by atoms with E-state index in [2.05, 4.69) is 9.88 Å². The van der Waals surface area contributed by atoms with E-state index >= 15 is 0 Å². The molecule has 2 aromatic rings. The summed E-state index contributed by atoms with van der Waals surface area (Å²) in [5, 5.41) is 12.1. The van der Waals surface area contributed by atoms with Gasteiger partial charge in [-0.2, -0.15) is 0 Å². The molecule has 1 aliphatic rings. The number of hydrogen-bond acceptors (Lipinski definition) is 5. The van der Waals surface area contributed by atoms with Crippen LogP contribution in [0.15, 0.2) is 35.8 Å². The quantitative estimate of drug-likeness (QED) is 0.787. The Hall–Kier alpha value is -1.92. The second-order valence-electron chi connectivity index (χ2n) is 5.60. The van der Waals surface area contributed by atoms with Crippen LogP contribution in [0, 0.1) is 0 Å². The van der Waals surface area contributed by atoms with Crippen LogP contribution in [-0.2, 0) is 0 Å². The lowest BCUT2D eigenvalue weighted by molar-refractivity contribution is 0.0697. The predicted molar refractivity (Wildman–Crippen MR) is 89.2 cm³/mol. The van der Waals surface area contributed by atoms with E-state index in [1.807, 2.05) is 11.6 Å². The van der Waals surface area contributed by atoms with Crippen LogP contribution in [0.5, 0.6) is 5.75 Å². The number of carboxylic acids is 1. The minimum absolute atomic E-state index is 0.278. The molecule has 2 heterocycles. The van der Waals surface area contributed by atoms with Gasteiger partial charge in [0, 0.05) is 18.1 Å². The summed E-state index contributed by atoms with van der Waals surface area (Å²) in [6, 6.07) is 7.01. The number of rotatable bonds is 7. The van der Waals surface area contributed by atoms with E-state index in [1.54, 1.807) is 35.6 Å². The third-order valence-electron chi connectivity index (χ3n) is 4.06. The van der Waals surface area contributed by atoms with Crippen molar-refractivity contribution in [3.8, 4) is 5.75 Å². The first-order chi connectivity index (χ1) is 11.2. The van der Waals surface area contributed by atoms with Crippen molar-refractivity contribution in [1.82, 2.24) is 9.88 Å². The fourth-order valence-corrected chi connectivity index (χ4v) is 3.73. The van der Waals surface area contributed by atoms with Crippen LogP contribution in [-0.4, -0.2) is 40.7 Å². The molecule has 3 rings (SSSR count). The Bertz CT molecular complexity index is 628. The summed E-state index contributed by atoms with van der Waals surface area (Å²) in [6.07, 6.45) is 5.23. The third-order valence-corrected chi connectivity index (χ3v) is 4.94. The minimum atomic E-state index is -0.918. The first kappa shape index (κ1) is 16.0. The van der Waals surface area contributed by atoms with E-state index in [-0.39, 0.29) is 5.56 Å². The Kier molecular flexibility index (Phi) is 5.25. The number of thiazole rings is 1. The Morgan fingerprint density at radius 2 is 2.22 bits per heavy atom. The number of hydrogen-bond donors (Lipinski definition) is 1. The van der Waals surface area contributed by atoms with E-state index in [0.717, 1.165) is 19.5 Å². The topological polar surface area (TPSA) is 62.7 Å². The summed E-state index contributed by atoms with van der Waals surface area (Å²) < 4.78 is 5.69. The fraction of sp³-hybridized carbons (Fsp3) is 0.412. The maximum absolute atomic E-state index is 10.8. The van der Waals surface area contributed by atoms with Gasteiger partial charge in [-0.05, 0) is 50.1 Å². The van der Waals surface area contributed by atoms with Gasteiger partial charge in [0.2, 0.25) is 0 Å². The van der Waals surface area contributed by atoms with Crippen LogP contribution in [0.3, 0.4) is 0 Å². The van der Waals surface area contributed by atoms with Crippen LogP contribution >= 0.6 is 11.3 Å².